The Hall–Kier alpha value is -3.74. The van der Waals surface area contributed by atoms with Crippen molar-refractivity contribution in [2.45, 2.75) is 0 Å². The second-order valence-electron chi connectivity index (χ2n) is 5.41. The molecule has 0 aliphatic carbocycles. The SMILES string of the molecule is Cn1nc(C(=O)Oc2ccc(NC(=O)c3ccccc3)cc2)ccc1=O. The van der Waals surface area contributed by atoms with Gasteiger partial charge in [-0.2, -0.15) is 5.10 Å². The van der Waals surface area contributed by atoms with Crippen molar-refractivity contribution in [1.82, 2.24) is 9.78 Å². The van der Waals surface area contributed by atoms with Crippen molar-refractivity contribution >= 4 is 17.6 Å². The molecule has 0 atom stereocenters. The summed E-state index contributed by atoms with van der Waals surface area (Å²) >= 11 is 0. The molecule has 0 bridgehead atoms. The number of aromatic nitrogens is 2. The summed E-state index contributed by atoms with van der Waals surface area (Å²) in [6.07, 6.45) is 0. The molecular formula is C19H15N3O4. The van der Waals surface area contributed by atoms with Crippen molar-refractivity contribution in [3.63, 3.8) is 0 Å². The molecule has 1 amide bonds. The maximum absolute atomic E-state index is 12.1. The van der Waals surface area contributed by atoms with Crippen molar-refractivity contribution in [3.8, 4) is 5.75 Å². The maximum atomic E-state index is 12.1. The lowest BCUT2D eigenvalue weighted by Gasteiger charge is -2.07. The summed E-state index contributed by atoms with van der Waals surface area (Å²) in [5.41, 5.74) is 0.816. The van der Waals surface area contributed by atoms with E-state index >= 15 is 0 Å². The number of hydrogen-bond donors (Lipinski definition) is 1. The molecular weight excluding hydrogens is 334 g/mol. The summed E-state index contributed by atoms with van der Waals surface area (Å²) in [6.45, 7) is 0. The van der Waals surface area contributed by atoms with Crippen LogP contribution in [0, 0.1) is 0 Å². The minimum Gasteiger partial charge on any atom is -0.422 e. The van der Waals surface area contributed by atoms with Gasteiger partial charge in [0.2, 0.25) is 0 Å². The summed E-state index contributed by atoms with van der Waals surface area (Å²) in [6, 6.07) is 17.7. The zero-order valence-corrected chi connectivity index (χ0v) is 13.9. The van der Waals surface area contributed by atoms with Gasteiger partial charge >= 0.3 is 5.97 Å². The van der Waals surface area contributed by atoms with Crippen molar-refractivity contribution in [2.24, 2.45) is 7.05 Å². The van der Waals surface area contributed by atoms with Crippen molar-refractivity contribution in [3.05, 3.63) is 88.3 Å². The molecule has 7 heteroatoms. The highest BCUT2D eigenvalue weighted by molar-refractivity contribution is 6.04. The topological polar surface area (TPSA) is 90.3 Å². The molecule has 130 valence electrons. The van der Waals surface area contributed by atoms with Gasteiger partial charge in [-0.15, -0.1) is 0 Å². The van der Waals surface area contributed by atoms with Crippen LogP contribution in [0.1, 0.15) is 20.8 Å². The Kier molecular flexibility index (Phi) is 4.89. The standard InChI is InChI=1S/C19H15N3O4/c1-22-17(23)12-11-16(21-22)19(25)26-15-9-7-14(8-10-15)20-18(24)13-5-3-2-4-6-13/h2-12H,1H3,(H,20,24). The van der Waals surface area contributed by atoms with E-state index in [2.05, 4.69) is 10.4 Å². The van der Waals surface area contributed by atoms with Crippen LogP contribution in [0.3, 0.4) is 0 Å². The van der Waals surface area contributed by atoms with Crippen LogP contribution >= 0.6 is 0 Å². The lowest BCUT2D eigenvalue weighted by molar-refractivity contribution is 0.0725. The first kappa shape index (κ1) is 17.1. The van der Waals surface area contributed by atoms with Gasteiger partial charge in [0.05, 0.1) is 0 Å². The predicted molar refractivity (Wildman–Crippen MR) is 95.3 cm³/mol. The fourth-order valence-electron chi connectivity index (χ4n) is 2.17. The molecule has 2 aromatic carbocycles. The highest BCUT2D eigenvalue weighted by Crippen LogP contribution is 2.17. The van der Waals surface area contributed by atoms with Gasteiger partial charge in [0.15, 0.2) is 5.69 Å². The molecule has 0 saturated carbocycles. The zero-order valence-electron chi connectivity index (χ0n) is 13.9. The number of esters is 1. The van der Waals surface area contributed by atoms with Gasteiger partial charge in [-0.25, -0.2) is 9.48 Å². The van der Waals surface area contributed by atoms with Crippen LogP contribution in [0.2, 0.25) is 0 Å². The molecule has 0 aliphatic heterocycles. The third-order valence-electron chi connectivity index (χ3n) is 3.53. The fraction of sp³-hybridized carbons (Fsp3) is 0.0526. The van der Waals surface area contributed by atoms with Crippen LogP contribution in [0.15, 0.2) is 71.5 Å². The molecule has 0 aliphatic rings. The van der Waals surface area contributed by atoms with Crippen molar-refractivity contribution < 1.29 is 14.3 Å². The quantitative estimate of drug-likeness (QED) is 0.576. The molecule has 0 unspecified atom stereocenters. The maximum Gasteiger partial charge on any atom is 0.364 e. The molecule has 26 heavy (non-hydrogen) atoms. The largest absolute Gasteiger partial charge is 0.422 e. The monoisotopic (exact) mass is 349 g/mol. The van der Waals surface area contributed by atoms with Crippen LogP contribution in [0.5, 0.6) is 5.75 Å². The van der Waals surface area contributed by atoms with Crippen LogP contribution in [-0.2, 0) is 7.05 Å². The summed E-state index contributed by atoms with van der Waals surface area (Å²) in [4.78, 5) is 35.4. The van der Waals surface area contributed by atoms with E-state index in [0.717, 1.165) is 4.68 Å². The third kappa shape index (κ3) is 4.02. The number of nitrogens with one attached hydrogen (secondary N) is 1. The van der Waals surface area contributed by atoms with Gasteiger partial charge in [-0.3, -0.25) is 9.59 Å². The van der Waals surface area contributed by atoms with Crippen LogP contribution < -0.4 is 15.6 Å². The summed E-state index contributed by atoms with van der Waals surface area (Å²) < 4.78 is 6.26. The number of ether oxygens (including phenoxy) is 1. The minimum absolute atomic E-state index is 0.0218. The number of aryl methyl sites for hydroxylation is 1. The highest BCUT2D eigenvalue weighted by atomic mass is 16.5. The summed E-state index contributed by atoms with van der Waals surface area (Å²) in [7, 11) is 1.45. The van der Waals surface area contributed by atoms with Gasteiger partial charge < -0.3 is 10.1 Å². The second-order valence-corrected chi connectivity index (χ2v) is 5.41. The van der Waals surface area contributed by atoms with E-state index in [1.165, 1.54) is 19.2 Å². The number of carbonyl (C=O) groups excluding carboxylic acids is 2. The Morgan fingerprint density at radius 1 is 0.962 bits per heavy atom. The lowest BCUT2D eigenvalue weighted by Crippen LogP contribution is -2.22. The van der Waals surface area contributed by atoms with Crippen LogP contribution in [0.25, 0.3) is 0 Å². The molecule has 0 fully saturated rings. The highest BCUT2D eigenvalue weighted by Gasteiger charge is 2.12. The van der Waals surface area contributed by atoms with Crippen LogP contribution in [-0.4, -0.2) is 21.7 Å². The molecule has 1 aromatic heterocycles. The number of anilines is 1. The molecule has 0 saturated heterocycles. The molecule has 7 nitrogen and oxygen atoms in total. The van der Waals surface area contributed by atoms with E-state index in [-0.39, 0.29) is 17.2 Å². The third-order valence-corrected chi connectivity index (χ3v) is 3.53. The minimum atomic E-state index is -0.679. The Balaban J connectivity index is 1.65. The van der Waals surface area contributed by atoms with E-state index < -0.39 is 5.97 Å². The van der Waals surface area contributed by atoms with Crippen LogP contribution in [0.4, 0.5) is 5.69 Å². The first-order valence-electron chi connectivity index (χ1n) is 7.76. The van der Waals surface area contributed by atoms with E-state index in [1.54, 1.807) is 48.5 Å². The number of carbonyl (C=O) groups is 2. The van der Waals surface area contributed by atoms with E-state index in [1.807, 2.05) is 6.07 Å². The normalized spacial score (nSPS) is 10.2. The predicted octanol–water partition coefficient (Wildman–Crippen LogP) is 2.25. The van der Waals surface area contributed by atoms with E-state index in [9.17, 15) is 14.4 Å². The number of nitrogens with zero attached hydrogens (tertiary/aromatic N) is 2. The second kappa shape index (κ2) is 7.43. The average Bonchev–Trinajstić information content (AvgIpc) is 2.66. The van der Waals surface area contributed by atoms with Gasteiger partial charge in [0.1, 0.15) is 5.75 Å². The number of amides is 1. The Bertz CT molecular complexity index is 995. The van der Waals surface area contributed by atoms with E-state index in [0.29, 0.717) is 17.0 Å². The molecule has 1 heterocycles. The van der Waals surface area contributed by atoms with Crippen molar-refractivity contribution in [2.75, 3.05) is 5.32 Å². The Morgan fingerprint density at radius 3 is 2.31 bits per heavy atom. The molecule has 3 aromatic rings. The average molecular weight is 349 g/mol. The van der Waals surface area contributed by atoms with Gasteiger partial charge in [0, 0.05) is 24.4 Å². The van der Waals surface area contributed by atoms with Gasteiger partial charge in [-0.05, 0) is 42.5 Å². The summed E-state index contributed by atoms with van der Waals surface area (Å²) in [5.74, 6) is -0.616. The first-order valence-corrected chi connectivity index (χ1v) is 7.76. The first-order chi connectivity index (χ1) is 12.5. The molecule has 1 N–H and O–H groups in total. The Labute approximate surface area is 148 Å². The number of hydrogen-bond acceptors (Lipinski definition) is 5. The lowest BCUT2D eigenvalue weighted by atomic mass is 10.2. The molecule has 0 spiro atoms. The van der Waals surface area contributed by atoms with Gasteiger partial charge in [-0.1, -0.05) is 18.2 Å². The smallest absolute Gasteiger partial charge is 0.364 e. The van der Waals surface area contributed by atoms with Crippen molar-refractivity contribution in [1.29, 1.82) is 0 Å². The molecule has 3 rings (SSSR count). The number of rotatable bonds is 4. The Morgan fingerprint density at radius 2 is 1.65 bits per heavy atom. The fourth-order valence-corrected chi connectivity index (χ4v) is 2.17. The molecule has 0 radical (unpaired) electrons. The van der Waals surface area contributed by atoms with E-state index in [4.69, 9.17) is 4.74 Å². The zero-order chi connectivity index (χ0) is 18.5. The van der Waals surface area contributed by atoms with Gasteiger partial charge in [0.25, 0.3) is 11.5 Å². The summed E-state index contributed by atoms with van der Waals surface area (Å²) in [5, 5.41) is 6.59. The number of benzene rings is 2.